The highest BCUT2D eigenvalue weighted by atomic mass is 32.1. The van der Waals surface area contributed by atoms with Crippen LogP contribution in [0.25, 0.3) is 89.6 Å². The van der Waals surface area contributed by atoms with Crippen molar-refractivity contribution < 1.29 is 0 Å². The maximum absolute atomic E-state index is 5.57. The van der Waals surface area contributed by atoms with Gasteiger partial charge in [-0.25, -0.2) is 32.7 Å². The topological polar surface area (TPSA) is 72.7 Å². The van der Waals surface area contributed by atoms with Crippen LogP contribution in [0.3, 0.4) is 0 Å². The summed E-state index contributed by atoms with van der Waals surface area (Å²) in [6.45, 7) is 15.1. The standard InChI is InChI=1S/C53H41N7S/c1-7-9-16-35-24-43-33(6)59-51(45(43)23-30(35)3)56-48-31(4)41(25-36-18-11-10-17-34(36)8-2)49(55-48)57-52-46-28-39-21-14-15-22-40(39)29-47(46)53(60(52)61-59)58-50-44-27-38-20-13-12-19-37(38)26-42(44)32(5)54-50/h8-29H,5,7H2,1-4,6H3/b16-9-,34-8-,36-25-,56-48?,57-52?,58-53?. The molecule has 4 aliphatic rings. The Morgan fingerprint density at radius 1 is 0.705 bits per heavy atom. The number of fused-ring (bicyclic) bond motifs is 11. The predicted octanol–water partition coefficient (Wildman–Crippen LogP) is 11.0. The first kappa shape index (κ1) is 36.8. The number of aromatic nitrogens is 5. The molecule has 8 heteroatoms. The maximum Gasteiger partial charge on any atom is 0.164 e. The van der Waals surface area contributed by atoms with Crippen LogP contribution >= 0.6 is 11.7 Å². The van der Waals surface area contributed by atoms with Gasteiger partial charge in [-0.3, -0.25) is 0 Å². The summed E-state index contributed by atoms with van der Waals surface area (Å²) < 4.78 is 4.39. The van der Waals surface area contributed by atoms with E-state index < -0.39 is 0 Å². The molecule has 0 unspecified atom stereocenters. The molecule has 7 aromatic rings. The molecule has 0 fully saturated rings. The first-order valence-electron chi connectivity index (χ1n) is 20.7. The molecule has 0 amide bonds. The molecule has 6 aromatic carbocycles. The van der Waals surface area contributed by atoms with E-state index in [0.717, 1.165) is 105 Å². The Morgan fingerprint density at radius 3 is 2.10 bits per heavy atom. The summed E-state index contributed by atoms with van der Waals surface area (Å²) in [5.41, 5.74) is 9.53. The fourth-order valence-corrected chi connectivity index (χ4v) is 9.81. The predicted molar refractivity (Wildman–Crippen MR) is 256 cm³/mol. The van der Waals surface area contributed by atoms with E-state index in [1.807, 2.05) is 0 Å². The third kappa shape index (κ3) is 5.89. The largest absolute Gasteiger partial charge is 0.238 e. The van der Waals surface area contributed by atoms with Crippen LogP contribution in [0.4, 0.5) is 0 Å². The zero-order chi connectivity index (χ0) is 41.5. The number of rotatable bonds is 3. The molecular weight excluding hydrogens is 767 g/mol. The van der Waals surface area contributed by atoms with E-state index in [1.54, 1.807) is 11.7 Å². The molecule has 4 aliphatic heterocycles. The smallest absolute Gasteiger partial charge is 0.164 e. The second-order valence-electron chi connectivity index (χ2n) is 15.9. The van der Waals surface area contributed by atoms with E-state index in [4.69, 9.17) is 24.9 Å². The highest BCUT2D eigenvalue weighted by molar-refractivity contribution is 7.01. The van der Waals surface area contributed by atoms with Crippen molar-refractivity contribution in [3.63, 3.8) is 0 Å². The Morgan fingerprint density at radius 2 is 1.38 bits per heavy atom. The monoisotopic (exact) mass is 807 g/mol. The van der Waals surface area contributed by atoms with Crippen LogP contribution < -0.4 is 15.9 Å². The molecule has 294 valence electrons. The van der Waals surface area contributed by atoms with Gasteiger partial charge in [-0.05, 0) is 120 Å². The highest BCUT2D eigenvalue weighted by Crippen LogP contribution is 2.36. The van der Waals surface area contributed by atoms with E-state index in [1.165, 1.54) is 11.1 Å². The Hall–Kier alpha value is -7.29. The number of benzene rings is 6. The van der Waals surface area contributed by atoms with Gasteiger partial charge in [-0.15, -0.1) is 0 Å². The molecular formula is C53H41N7S. The Labute approximate surface area is 356 Å². The molecule has 0 radical (unpaired) electrons. The van der Waals surface area contributed by atoms with E-state index in [0.29, 0.717) is 23.2 Å². The maximum atomic E-state index is 5.57. The molecule has 11 rings (SSSR count). The molecule has 5 heterocycles. The van der Waals surface area contributed by atoms with Gasteiger partial charge in [0.2, 0.25) is 0 Å². The number of nitrogens with zero attached hydrogens (tertiary/aromatic N) is 7. The first-order valence-corrected chi connectivity index (χ1v) is 21.5. The summed E-state index contributed by atoms with van der Waals surface area (Å²) in [4.78, 5) is 26.9. The van der Waals surface area contributed by atoms with Crippen molar-refractivity contribution >= 4 is 101 Å². The van der Waals surface area contributed by atoms with E-state index in [9.17, 15) is 0 Å². The van der Waals surface area contributed by atoms with Gasteiger partial charge in [-0.1, -0.05) is 105 Å². The Bertz CT molecular complexity index is 3760. The minimum Gasteiger partial charge on any atom is -0.238 e. The van der Waals surface area contributed by atoms with Crippen molar-refractivity contribution in [1.82, 2.24) is 22.7 Å². The van der Waals surface area contributed by atoms with Gasteiger partial charge in [0.25, 0.3) is 0 Å². The first-order chi connectivity index (χ1) is 29.8. The Kier molecular flexibility index (Phi) is 8.54. The third-order valence-electron chi connectivity index (χ3n) is 12.1. The van der Waals surface area contributed by atoms with Gasteiger partial charge in [0.1, 0.15) is 0 Å². The number of aliphatic imine (C=N–C) groups is 1. The van der Waals surface area contributed by atoms with Crippen LogP contribution in [0.1, 0.15) is 66.8 Å². The number of amidine groups is 1. The second-order valence-corrected chi connectivity index (χ2v) is 16.8. The molecule has 0 aliphatic carbocycles. The lowest BCUT2D eigenvalue weighted by atomic mass is 10.0. The van der Waals surface area contributed by atoms with E-state index in [2.05, 4.69) is 182 Å². The molecule has 0 saturated carbocycles. The minimum absolute atomic E-state index is 0.607. The van der Waals surface area contributed by atoms with Gasteiger partial charge in [0.15, 0.2) is 34.4 Å². The number of aryl methyl sites for hydroxylation is 2. The quantitative estimate of drug-likeness (QED) is 0.178. The summed E-state index contributed by atoms with van der Waals surface area (Å²) in [6, 6.07) is 38.7. The third-order valence-corrected chi connectivity index (χ3v) is 13.2. The lowest BCUT2D eigenvalue weighted by molar-refractivity contribution is 1.01. The summed E-state index contributed by atoms with van der Waals surface area (Å²) in [7, 11) is 0. The van der Waals surface area contributed by atoms with Crippen molar-refractivity contribution in [2.75, 3.05) is 0 Å². The summed E-state index contributed by atoms with van der Waals surface area (Å²) in [5, 5.41) is 10.8. The number of allylic oxidation sites excluding steroid dienone is 3. The van der Waals surface area contributed by atoms with Crippen molar-refractivity contribution in [3.05, 3.63) is 177 Å². The summed E-state index contributed by atoms with van der Waals surface area (Å²) in [6.07, 6.45) is 9.74. The van der Waals surface area contributed by atoms with Crippen molar-refractivity contribution in [2.45, 2.75) is 41.0 Å². The van der Waals surface area contributed by atoms with Crippen molar-refractivity contribution in [1.29, 1.82) is 0 Å². The zero-order valence-electron chi connectivity index (χ0n) is 34.7. The highest BCUT2D eigenvalue weighted by Gasteiger charge is 2.26. The van der Waals surface area contributed by atoms with Gasteiger partial charge in [0, 0.05) is 61.2 Å². The number of hydrogen-bond acceptors (Lipinski definition) is 6. The van der Waals surface area contributed by atoms with Crippen LogP contribution in [0.5, 0.6) is 0 Å². The van der Waals surface area contributed by atoms with E-state index in [-0.39, 0.29) is 0 Å². The fourth-order valence-electron chi connectivity index (χ4n) is 8.77. The average molecular weight is 808 g/mol. The molecule has 0 saturated heterocycles. The average Bonchev–Trinajstić information content (AvgIpc) is 3.92. The normalized spacial score (nSPS) is 14.7. The van der Waals surface area contributed by atoms with Gasteiger partial charge in [0.05, 0.1) is 5.70 Å². The van der Waals surface area contributed by atoms with Crippen molar-refractivity contribution in [2.24, 2.45) is 9.98 Å². The van der Waals surface area contributed by atoms with E-state index >= 15 is 0 Å². The van der Waals surface area contributed by atoms with Crippen LogP contribution in [-0.4, -0.2) is 28.5 Å². The summed E-state index contributed by atoms with van der Waals surface area (Å²) >= 11 is 1.55. The molecule has 0 N–H and O–H groups in total. The molecule has 0 atom stereocenters. The molecule has 7 nitrogen and oxygen atoms in total. The summed E-state index contributed by atoms with van der Waals surface area (Å²) in [5.74, 6) is 2.62. The SMILES string of the molecule is C=C1N=C(N=c2c3cc4ccccc4cc3c3nc4nc(nc5c6cc(C)c(/C=C\CC)cc6c(C)n5sn2-3)C(C)=C4/C=c2/cccc/c2=C/C)c2cc3ccccc3cc21. The van der Waals surface area contributed by atoms with Gasteiger partial charge >= 0.3 is 0 Å². The van der Waals surface area contributed by atoms with Crippen LogP contribution in [-0.2, 0) is 0 Å². The molecule has 2 bridgehead atoms. The van der Waals surface area contributed by atoms with Crippen molar-refractivity contribution in [3.8, 4) is 5.82 Å². The zero-order valence-corrected chi connectivity index (χ0v) is 35.5. The molecule has 61 heavy (non-hydrogen) atoms. The number of hydrogen-bond donors (Lipinski definition) is 0. The van der Waals surface area contributed by atoms with Gasteiger partial charge < -0.3 is 0 Å². The lowest BCUT2D eigenvalue weighted by Crippen LogP contribution is -2.23. The second kappa shape index (κ2) is 14.2. The fraction of sp³-hybridized carbons (Fsp3) is 0.113. The van der Waals surface area contributed by atoms with Gasteiger partial charge in [-0.2, -0.15) is 0 Å². The molecule has 0 spiro atoms. The Balaban J connectivity index is 1.33. The molecule has 1 aromatic heterocycles. The van der Waals surface area contributed by atoms with Crippen LogP contribution in [0.2, 0.25) is 0 Å². The van der Waals surface area contributed by atoms with Crippen LogP contribution in [0, 0.1) is 13.8 Å². The lowest BCUT2D eigenvalue weighted by Gasteiger charge is -2.04. The minimum atomic E-state index is 0.607. The van der Waals surface area contributed by atoms with Crippen LogP contribution in [0.15, 0.2) is 132 Å².